The average Bonchev–Trinajstić information content (AvgIpc) is 3.11. The smallest absolute Gasteiger partial charge is 0.254 e. The Balaban J connectivity index is 1.38. The molecule has 1 amide bonds. The molecule has 2 aromatic rings. The maximum atomic E-state index is 13.7. The topological polar surface area (TPSA) is 42.0 Å². The zero-order valence-corrected chi connectivity index (χ0v) is 16.6. The fraction of sp³-hybridized carbons (Fsp3) is 0.350. The number of halogens is 2. The van der Waals surface area contributed by atoms with Gasteiger partial charge in [-0.2, -0.15) is 0 Å². The van der Waals surface area contributed by atoms with Crippen molar-refractivity contribution in [2.75, 3.05) is 33.0 Å². The molecule has 2 aromatic carbocycles. The maximum absolute atomic E-state index is 13.7. The Hall–Kier alpha value is -2.12. The minimum atomic E-state index is -0.341. The second-order valence-corrected chi connectivity index (χ2v) is 7.68. The summed E-state index contributed by atoms with van der Waals surface area (Å²) in [6, 6.07) is 8.60. The lowest BCUT2D eigenvalue weighted by atomic mass is 10.1. The molecule has 0 radical (unpaired) electrons. The number of nitrogens with zero attached hydrogens (tertiary/aromatic N) is 2. The van der Waals surface area contributed by atoms with Gasteiger partial charge in [0.1, 0.15) is 5.82 Å². The van der Waals surface area contributed by atoms with E-state index < -0.39 is 0 Å². The van der Waals surface area contributed by atoms with Crippen LogP contribution in [-0.2, 0) is 6.54 Å². The van der Waals surface area contributed by atoms with Crippen LogP contribution in [0.4, 0.5) is 4.39 Å². The number of carbonyl (C=O) groups is 1. The molecular weight excluding hydrogens is 415 g/mol. The molecule has 27 heavy (non-hydrogen) atoms. The number of hydrogen-bond acceptors (Lipinski definition) is 4. The summed E-state index contributed by atoms with van der Waals surface area (Å²) >= 11 is 3.59. The summed E-state index contributed by atoms with van der Waals surface area (Å²) in [5.41, 5.74) is 2.08. The van der Waals surface area contributed by atoms with Gasteiger partial charge >= 0.3 is 0 Å². The number of amides is 1. The maximum Gasteiger partial charge on any atom is 0.254 e. The number of ether oxygens (including phenoxy) is 2. The van der Waals surface area contributed by atoms with Gasteiger partial charge in [0.25, 0.3) is 5.91 Å². The van der Waals surface area contributed by atoms with Crippen molar-refractivity contribution in [3.63, 3.8) is 0 Å². The summed E-state index contributed by atoms with van der Waals surface area (Å²) in [6.07, 6.45) is 0. The van der Waals surface area contributed by atoms with E-state index in [4.69, 9.17) is 9.47 Å². The van der Waals surface area contributed by atoms with Crippen molar-refractivity contribution >= 4 is 21.8 Å². The summed E-state index contributed by atoms with van der Waals surface area (Å²) in [5, 5.41) is 0. The van der Waals surface area contributed by atoms with Gasteiger partial charge < -0.3 is 14.4 Å². The van der Waals surface area contributed by atoms with Crippen LogP contribution in [0, 0.1) is 12.7 Å². The Morgan fingerprint density at radius 3 is 2.52 bits per heavy atom. The summed E-state index contributed by atoms with van der Waals surface area (Å²) in [4.78, 5) is 16.7. The largest absolute Gasteiger partial charge is 0.454 e. The molecule has 2 heterocycles. The second-order valence-electron chi connectivity index (χ2n) is 6.83. The third kappa shape index (κ3) is 3.80. The van der Waals surface area contributed by atoms with Gasteiger partial charge in [-0.1, -0.05) is 22.0 Å². The zero-order chi connectivity index (χ0) is 19.0. The van der Waals surface area contributed by atoms with Crippen molar-refractivity contribution in [3.8, 4) is 11.5 Å². The standard InChI is InChI=1S/C20H20BrFN2O3/c1-13-2-3-14(8-17(13)22)20(25)24-6-4-23(5-7-24)11-15-9-18-19(10-16(15)21)27-12-26-18/h2-3,8-10H,4-7,11-12H2,1H3. The fourth-order valence-corrected chi connectivity index (χ4v) is 3.79. The van der Waals surface area contributed by atoms with Crippen molar-refractivity contribution in [1.82, 2.24) is 9.80 Å². The van der Waals surface area contributed by atoms with Crippen molar-refractivity contribution in [1.29, 1.82) is 0 Å². The Labute approximate surface area is 165 Å². The molecule has 4 rings (SSSR count). The quantitative estimate of drug-likeness (QED) is 0.740. The molecule has 2 aliphatic heterocycles. The minimum absolute atomic E-state index is 0.113. The Morgan fingerprint density at radius 1 is 1.11 bits per heavy atom. The molecule has 0 saturated carbocycles. The van der Waals surface area contributed by atoms with Crippen LogP contribution in [-0.4, -0.2) is 48.7 Å². The fourth-order valence-electron chi connectivity index (χ4n) is 3.34. The van der Waals surface area contributed by atoms with Crippen molar-refractivity contribution in [2.45, 2.75) is 13.5 Å². The van der Waals surface area contributed by atoms with E-state index >= 15 is 0 Å². The van der Waals surface area contributed by atoms with Crippen LogP contribution < -0.4 is 9.47 Å². The number of fused-ring (bicyclic) bond motifs is 1. The monoisotopic (exact) mass is 434 g/mol. The lowest BCUT2D eigenvalue weighted by Gasteiger charge is -2.35. The first-order chi connectivity index (χ1) is 13.0. The van der Waals surface area contributed by atoms with Crippen molar-refractivity contribution in [2.24, 2.45) is 0 Å². The first kappa shape index (κ1) is 18.3. The third-order valence-electron chi connectivity index (χ3n) is 5.01. The average molecular weight is 435 g/mol. The number of hydrogen-bond donors (Lipinski definition) is 0. The third-order valence-corrected chi connectivity index (χ3v) is 5.75. The number of rotatable bonds is 3. The Kier molecular flexibility index (Phi) is 5.06. The van der Waals surface area contributed by atoms with Gasteiger partial charge in [0.2, 0.25) is 6.79 Å². The van der Waals surface area contributed by atoms with Gasteiger partial charge in [0, 0.05) is 42.8 Å². The van der Waals surface area contributed by atoms with E-state index in [1.165, 1.54) is 6.07 Å². The normalized spacial score (nSPS) is 16.6. The molecule has 0 unspecified atom stereocenters. The summed E-state index contributed by atoms with van der Waals surface area (Å²) in [6.45, 7) is 5.48. The molecule has 0 bridgehead atoms. The van der Waals surface area contributed by atoms with Crippen LogP contribution in [0.5, 0.6) is 11.5 Å². The summed E-state index contributed by atoms with van der Waals surface area (Å²) in [7, 11) is 0. The molecule has 0 spiro atoms. The number of benzene rings is 2. The molecule has 0 N–H and O–H groups in total. The van der Waals surface area contributed by atoms with E-state index in [2.05, 4.69) is 20.8 Å². The van der Waals surface area contributed by atoms with Gasteiger partial charge in [0.05, 0.1) is 0 Å². The molecule has 142 valence electrons. The van der Waals surface area contributed by atoms with Gasteiger partial charge in [-0.15, -0.1) is 0 Å². The van der Waals surface area contributed by atoms with Gasteiger partial charge in [-0.3, -0.25) is 9.69 Å². The molecule has 1 fully saturated rings. The van der Waals surface area contributed by atoms with Crippen LogP contribution >= 0.6 is 15.9 Å². The minimum Gasteiger partial charge on any atom is -0.454 e. The lowest BCUT2D eigenvalue weighted by Crippen LogP contribution is -2.48. The Morgan fingerprint density at radius 2 is 1.81 bits per heavy atom. The zero-order valence-electron chi connectivity index (χ0n) is 15.0. The highest BCUT2D eigenvalue weighted by Gasteiger charge is 2.24. The SMILES string of the molecule is Cc1ccc(C(=O)N2CCN(Cc3cc4c(cc3Br)OCO4)CC2)cc1F. The number of piperazine rings is 1. The molecule has 2 aliphatic rings. The summed E-state index contributed by atoms with van der Waals surface area (Å²) < 4.78 is 25.6. The van der Waals surface area contributed by atoms with Crippen LogP contribution in [0.2, 0.25) is 0 Å². The molecular formula is C20H20BrFN2O3. The van der Waals surface area contributed by atoms with Gasteiger partial charge in [-0.25, -0.2) is 4.39 Å². The van der Waals surface area contributed by atoms with E-state index in [-0.39, 0.29) is 18.5 Å². The van der Waals surface area contributed by atoms with E-state index in [1.54, 1.807) is 24.0 Å². The molecule has 7 heteroatoms. The van der Waals surface area contributed by atoms with E-state index in [1.807, 2.05) is 12.1 Å². The van der Waals surface area contributed by atoms with E-state index in [0.717, 1.165) is 41.2 Å². The first-order valence-corrected chi connectivity index (χ1v) is 9.66. The molecule has 5 nitrogen and oxygen atoms in total. The lowest BCUT2D eigenvalue weighted by molar-refractivity contribution is 0.0627. The second kappa shape index (κ2) is 7.48. The van der Waals surface area contributed by atoms with Crippen molar-refractivity contribution in [3.05, 3.63) is 57.3 Å². The molecule has 0 aliphatic carbocycles. The highest BCUT2D eigenvalue weighted by Crippen LogP contribution is 2.37. The molecule has 0 atom stereocenters. The van der Waals surface area contributed by atoms with E-state index in [9.17, 15) is 9.18 Å². The predicted molar refractivity (Wildman–Crippen MR) is 103 cm³/mol. The molecule has 0 aromatic heterocycles. The first-order valence-electron chi connectivity index (χ1n) is 8.87. The predicted octanol–water partition coefficient (Wildman–Crippen LogP) is 3.58. The van der Waals surface area contributed by atoms with Crippen LogP contribution in [0.3, 0.4) is 0 Å². The van der Waals surface area contributed by atoms with Crippen molar-refractivity contribution < 1.29 is 18.7 Å². The van der Waals surface area contributed by atoms with Crippen LogP contribution in [0.1, 0.15) is 21.5 Å². The molecule has 1 saturated heterocycles. The number of aryl methyl sites for hydroxylation is 1. The van der Waals surface area contributed by atoms with Crippen LogP contribution in [0.25, 0.3) is 0 Å². The Bertz CT molecular complexity index is 882. The highest BCUT2D eigenvalue weighted by molar-refractivity contribution is 9.10. The highest BCUT2D eigenvalue weighted by atomic mass is 79.9. The van der Waals surface area contributed by atoms with E-state index in [0.29, 0.717) is 24.2 Å². The summed E-state index contributed by atoms with van der Waals surface area (Å²) in [5.74, 6) is 1.07. The van der Waals surface area contributed by atoms with Gasteiger partial charge in [-0.05, 0) is 42.3 Å². The number of carbonyl (C=O) groups excluding carboxylic acids is 1. The van der Waals surface area contributed by atoms with Gasteiger partial charge in [0.15, 0.2) is 11.5 Å². The van der Waals surface area contributed by atoms with Crippen LogP contribution in [0.15, 0.2) is 34.8 Å².